The van der Waals surface area contributed by atoms with Crippen LogP contribution in [0.15, 0.2) is 12.1 Å². The Bertz CT molecular complexity index is 439. The molecular weight excluding hydrogens is 236 g/mol. The Hall–Kier alpha value is -1.89. The zero-order valence-electron chi connectivity index (χ0n) is 9.94. The molecule has 0 radical (unpaired) electrons. The predicted octanol–water partition coefficient (Wildman–Crippen LogP) is 0.795. The van der Waals surface area contributed by atoms with Crippen LogP contribution in [0, 0.1) is 10.1 Å². The van der Waals surface area contributed by atoms with Gasteiger partial charge in [0.2, 0.25) is 0 Å². The highest BCUT2D eigenvalue weighted by Gasteiger charge is 2.19. The van der Waals surface area contributed by atoms with Crippen molar-refractivity contribution in [2.24, 2.45) is 0 Å². The molecule has 1 aliphatic rings. The number of aromatic amines is 1. The van der Waals surface area contributed by atoms with Gasteiger partial charge in [0.15, 0.2) is 5.69 Å². The first-order chi connectivity index (χ1) is 8.66. The van der Waals surface area contributed by atoms with Crippen LogP contribution in [-0.2, 0) is 0 Å². The van der Waals surface area contributed by atoms with Crippen molar-refractivity contribution in [2.45, 2.75) is 25.3 Å². The molecule has 1 fully saturated rings. The van der Waals surface area contributed by atoms with Crippen LogP contribution in [0.4, 0.5) is 5.82 Å². The molecule has 1 aromatic heterocycles. The molecule has 1 aromatic rings. The van der Waals surface area contributed by atoms with E-state index in [1.54, 1.807) is 0 Å². The predicted molar refractivity (Wildman–Crippen MR) is 65.4 cm³/mol. The van der Waals surface area contributed by atoms with E-state index in [1.807, 2.05) is 0 Å². The zero-order valence-corrected chi connectivity index (χ0v) is 9.94. The molecule has 1 aliphatic carbocycles. The lowest BCUT2D eigenvalue weighted by Crippen LogP contribution is -2.28. The van der Waals surface area contributed by atoms with Gasteiger partial charge < -0.3 is 20.7 Å². The Labute approximate surface area is 104 Å². The van der Waals surface area contributed by atoms with Gasteiger partial charge in [-0.3, -0.25) is 4.79 Å². The lowest BCUT2D eigenvalue weighted by Gasteiger charge is -2.03. The highest BCUT2D eigenvalue weighted by atomic mass is 16.6. The summed E-state index contributed by atoms with van der Waals surface area (Å²) in [7, 11) is 0. The average Bonchev–Trinajstić information content (AvgIpc) is 3.02. The third-order valence-corrected chi connectivity index (χ3v) is 2.76. The van der Waals surface area contributed by atoms with Gasteiger partial charge in [0.25, 0.3) is 5.91 Å². The number of carbonyl (C=O) groups is 1. The maximum Gasteiger partial charge on any atom is 0.321 e. The van der Waals surface area contributed by atoms with Crippen LogP contribution in [-0.4, -0.2) is 34.9 Å². The van der Waals surface area contributed by atoms with Crippen LogP contribution >= 0.6 is 0 Å². The molecule has 18 heavy (non-hydrogen) atoms. The summed E-state index contributed by atoms with van der Waals surface area (Å²) < 4.78 is 0. The molecule has 1 amide bonds. The Balaban J connectivity index is 1.67. The molecular formula is C11H16N4O3. The van der Waals surface area contributed by atoms with Gasteiger partial charge in [0.1, 0.15) is 0 Å². The molecule has 0 atom stereocenters. The maximum absolute atomic E-state index is 11.6. The summed E-state index contributed by atoms with van der Waals surface area (Å²) in [5.74, 6) is -0.481. The van der Waals surface area contributed by atoms with E-state index in [1.165, 1.54) is 25.0 Å². The van der Waals surface area contributed by atoms with Gasteiger partial charge in [-0.1, -0.05) is 0 Å². The topological polar surface area (TPSA) is 100 Å². The molecule has 98 valence electrons. The molecule has 7 heteroatoms. The van der Waals surface area contributed by atoms with E-state index in [9.17, 15) is 14.9 Å². The molecule has 1 saturated carbocycles. The van der Waals surface area contributed by atoms with Crippen molar-refractivity contribution in [3.8, 4) is 0 Å². The van der Waals surface area contributed by atoms with Crippen LogP contribution in [0.3, 0.4) is 0 Å². The first-order valence-electron chi connectivity index (χ1n) is 6.02. The lowest BCUT2D eigenvalue weighted by atomic mass is 10.3. The highest BCUT2D eigenvalue weighted by molar-refractivity contribution is 5.92. The molecule has 2 rings (SSSR count). The minimum absolute atomic E-state index is 0.171. The van der Waals surface area contributed by atoms with Crippen LogP contribution in [0.25, 0.3) is 0 Å². The summed E-state index contributed by atoms with van der Waals surface area (Å²) in [6, 6.07) is 3.37. The van der Waals surface area contributed by atoms with Gasteiger partial charge in [-0.25, -0.2) is 4.98 Å². The fourth-order valence-electron chi connectivity index (χ4n) is 1.60. The maximum atomic E-state index is 11.6. The van der Waals surface area contributed by atoms with Crippen LogP contribution in [0.1, 0.15) is 29.8 Å². The second-order valence-corrected chi connectivity index (χ2v) is 4.35. The molecule has 0 aromatic carbocycles. The number of nitrogens with zero attached hydrogens (tertiary/aromatic N) is 1. The van der Waals surface area contributed by atoms with Gasteiger partial charge >= 0.3 is 5.82 Å². The van der Waals surface area contributed by atoms with Gasteiger partial charge in [-0.05, 0) is 36.8 Å². The van der Waals surface area contributed by atoms with Crippen LogP contribution < -0.4 is 10.6 Å². The van der Waals surface area contributed by atoms with E-state index in [0.29, 0.717) is 12.6 Å². The van der Waals surface area contributed by atoms with Crippen molar-refractivity contribution in [3.63, 3.8) is 0 Å². The molecule has 0 bridgehead atoms. The fraction of sp³-hybridized carbons (Fsp3) is 0.545. The van der Waals surface area contributed by atoms with Gasteiger partial charge in [-0.15, -0.1) is 0 Å². The zero-order chi connectivity index (χ0) is 13.0. The molecule has 7 nitrogen and oxygen atoms in total. The molecule has 0 spiro atoms. The number of amides is 1. The number of carbonyl (C=O) groups excluding carboxylic acids is 1. The van der Waals surface area contributed by atoms with Gasteiger partial charge in [0.05, 0.1) is 0 Å². The Morgan fingerprint density at radius 2 is 2.22 bits per heavy atom. The average molecular weight is 252 g/mol. The number of nitrogens with one attached hydrogen (secondary N) is 3. The first kappa shape index (κ1) is 12.6. The Morgan fingerprint density at radius 1 is 1.44 bits per heavy atom. The standard InChI is InChI=1S/C11H16N4O3/c16-11(9-4-5-10(14-9)15(17)18)13-7-1-6-12-8-2-3-8/h4-5,8,12,14H,1-3,6-7H2,(H,13,16). The molecule has 0 saturated heterocycles. The number of hydrogen-bond acceptors (Lipinski definition) is 4. The van der Waals surface area contributed by atoms with Gasteiger partial charge in [-0.2, -0.15) is 0 Å². The summed E-state index contributed by atoms with van der Waals surface area (Å²) >= 11 is 0. The lowest BCUT2D eigenvalue weighted by molar-refractivity contribution is -0.389. The minimum Gasteiger partial charge on any atom is -0.358 e. The van der Waals surface area contributed by atoms with Crippen molar-refractivity contribution in [2.75, 3.05) is 13.1 Å². The number of hydrogen-bond donors (Lipinski definition) is 3. The molecule has 0 aliphatic heterocycles. The minimum atomic E-state index is -0.559. The van der Waals surface area contributed by atoms with Crippen LogP contribution in [0.5, 0.6) is 0 Å². The Morgan fingerprint density at radius 3 is 2.83 bits per heavy atom. The summed E-state index contributed by atoms with van der Waals surface area (Å²) in [6.07, 6.45) is 3.35. The summed E-state index contributed by atoms with van der Waals surface area (Å²) in [6.45, 7) is 1.45. The summed E-state index contributed by atoms with van der Waals surface area (Å²) in [4.78, 5) is 23.9. The van der Waals surface area contributed by atoms with Crippen molar-refractivity contribution in [3.05, 3.63) is 27.9 Å². The van der Waals surface area contributed by atoms with E-state index in [4.69, 9.17) is 0 Å². The number of H-pyrrole nitrogens is 1. The van der Waals surface area contributed by atoms with E-state index < -0.39 is 4.92 Å². The number of nitro groups is 1. The molecule has 0 unspecified atom stereocenters. The normalized spacial score (nSPS) is 14.4. The van der Waals surface area contributed by atoms with Crippen molar-refractivity contribution < 1.29 is 9.72 Å². The summed E-state index contributed by atoms with van der Waals surface area (Å²) in [5.41, 5.74) is 0.219. The monoisotopic (exact) mass is 252 g/mol. The second kappa shape index (κ2) is 5.63. The van der Waals surface area contributed by atoms with E-state index in [-0.39, 0.29) is 17.4 Å². The molecule has 3 N–H and O–H groups in total. The smallest absolute Gasteiger partial charge is 0.321 e. The third-order valence-electron chi connectivity index (χ3n) is 2.76. The van der Waals surface area contributed by atoms with E-state index >= 15 is 0 Å². The number of rotatable bonds is 7. The van der Waals surface area contributed by atoms with Crippen LogP contribution in [0.2, 0.25) is 0 Å². The van der Waals surface area contributed by atoms with Crippen molar-refractivity contribution >= 4 is 11.7 Å². The van der Waals surface area contributed by atoms with Crippen molar-refractivity contribution in [1.29, 1.82) is 0 Å². The first-order valence-corrected chi connectivity index (χ1v) is 6.02. The fourth-order valence-corrected chi connectivity index (χ4v) is 1.60. The molecule has 1 heterocycles. The third kappa shape index (κ3) is 3.56. The second-order valence-electron chi connectivity index (χ2n) is 4.35. The van der Waals surface area contributed by atoms with Gasteiger partial charge in [0, 0.05) is 18.7 Å². The quantitative estimate of drug-likeness (QED) is 0.379. The Kier molecular flexibility index (Phi) is 3.93. The van der Waals surface area contributed by atoms with Crippen molar-refractivity contribution in [1.82, 2.24) is 15.6 Å². The van der Waals surface area contributed by atoms with E-state index in [2.05, 4.69) is 15.6 Å². The highest BCUT2D eigenvalue weighted by Crippen LogP contribution is 2.18. The largest absolute Gasteiger partial charge is 0.358 e. The number of aromatic nitrogens is 1. The van der Waals surface area contributed by atoms with E-state index in [0.717, 1.165) is 13.0 Å². The SMILES string of the molecule is O=C(NCCCNC1CC1)c1ccc([N+](=O)[O-])[nH]1. The summed E-state index contributed by atoms with van der Waals surface area (Å²) in [5, 5.41) is 16.5.